The smallest absolute Gasteiger partial charge is 0.413 e. The molecule has 82 heavy (non-hydrogen) atoms. The average Bonchev–Trinajstić information content (AvgIpc) is 4.08. The van der Waals surface area contributed by atoms with Crippen molar-refractivity contribution in [1.82, 2.24) is 34.4 Å². The number of nitrogens with zero attached hydrogens (tertiary/aromatic N) is 7. The van der Waals surface area contributed by atoms with Crippen molar-refractivity contribution in [2.24, 2.45) is 0 Å². The number of nitrogens with one attached hydrogen (secondary N) is 1. The number of hydrogen-bond acceptors (Lipinski definition) is 15. The molecular formula is C62H64N8O10S2. The number of aryl methyl sites for hydroxylation is 1. The number of carbonyl (C=O) groups excluding carboxylic acids is 2. The second-order valence-corrected chi connectivity index (χ2v) is 23.1. The van der Waals surface area contributed by atoms with E-state index in [0.717, 1.165) is 16.7 Å². The minimum Gasteiger partial charge on any atom is -0.497 e. The van der Waals surface area contributed by atoms with Gasteiger partial charge in [-0.2, -0.15) is 4.31 Å². The molecule has 0 saturated carbocycles. The van der Waals surface area contributed by atoms with Crippen LogP contribution in [0.25, 0.3) is 32.7 Å². The highest BCUT2D eigenvalue weighted by Crippen LogP contribution is 2.44. The van der Waals surface area contributed by atoms with Crippen molar-refractivity contribution < 1.29 is 46.4 Å². The Morgan fingerprint density at radius 3 is 1.55 bits per heavy atom. The molecule has 2 aromatic heterocycles. The third kappa shape index (κ3) is 14.0. The van der Waals surface area contributed by atoms with Crippen molar-refractivity contribution in [2.45, 2.75) is 76.8 Å². The normalized spacial score (nSPS) is 11.6. The zero-order valence-corrected chi connectivity index (χ0v) is 48.5. The summed E-state index contributed by atoms with van der Waals surface area (Å²) in [4.78, 5) is 34.8. The highest BCUT2D eigenvalue weighted by atomic mass is 32.2. The maximum Gasteiger partial charge on any atom is 0.413 e. The summed E-state index contributed by atoms with van der Waals surface area (Å²) in [5.41, 5.74) is 5.07. The zero-order valence-electron chi connectivity index (χ0n) is 46.9. The highest BCUT2D eigenvalue weighted by Gasteiger charge is 2.36. The molecule has 18 nitrogen and oxygen atoms in total. The van der Waals surface area contributed by atoms with E-state index in [1.54, 1.807) is 96.2 Å². The Hall–Kier alpha value is -8.85. The van der Waals surface area contributed by atoms with E-state index in [9.17, 15) is 4.79 Å². The van der Waals surface area contributed by atoms with Gasteiger partial charge in [-0.1, -0.05) is 96.3 Å². The third-order valence-corrected chi connectivity index (χ3v) is 16.3. The molecular weight excluding hydrogens is 1080 g/mol. The van der Waals surface area contributed by atoms with Gasteiger partial charge in [0.1, 0.15) is 34.3 Å². The summed E-state index contributed by atoms with van der Waals surface area (Å²) in [5, 5.41) is 16.4. The Morgan fingerprint density at radius 2 is 1.07 bits per heavy atom. The quantitative estimate of drug-likeness (QED) is 0.0634. The third-order valence-electron chi connectivity index (χ3n) is 13.5. The van der Waals surface area contributed by atoms with Crippen LogP contribution in [-0.4, -0.2) is 96.0 Å². The predicted molar refractivity (Wildman–Crippen MR) is 315 cm³/mol. The molecule has 0 spiro atoms. The Kier molecular flexibility index (Phi) is 18.1. The SMILES string of the molecule is COc1ccc(CN(Cc2ccc(OC)cc2)C(=O)CCc2ccc(-c3cccc4sc(NC(=O)OC(C)(C)C)nc34)c(-c3nnnn3Cc3ccc(OC)cc3)c2S(=O)(=O)N(Cc2ccc(OC)cc2)Cc2ccc(OC)cc2)cc1. The number of para-hydroxylation sites is 1. The molecule has 9 rings (SSSR count). The van der Waals surface area contributed by atoms with E-state index in [-0.39, 0.29) is 72.9 Å². The Balaban J connectivity index is 1.25. The molecule has 0 aliphatic carbocycles. The van der Waals surface area contributed by atoms with E-state index in [1.165, 1.54) is 15.6 Å². The van der Waals surface area contributed by atoms with E-state index < -0.39 is 21.7 Å². The lowest BCUT2D eigenvalue weighted by Crippen LogP contribution is -2.32. The van der Waals surface area contributed by atoms with Crippen LogP contribution in [0.3, 0.4) is 0 Å². The summed E-state index contributed by atoms with van der Waals surface area (Å²) < 4.78 is 70.0. The van der Waals surface area contributed by atoms with E-state index in [1.807, 2.05) is 121 Å². The van der Waals surface area contributed by atoms with Gasteiger partial charge in [0.15, 0.2) is 11.0 Å². The molecule has 0 atom stereocenters. The molecule has 2 heterocycles. The van der Waals surface area contributed by atoms with Gasteiger partial charge in [0, 0.05) is 43.7 Å². The number of anilines is 1. The number of benzene rings is 7. The van der Waals surface area contributed by atoms with Crippen LogP contribution in [0.1, 0.15) is 60.6 Å². The first-order valence-corrected chi connectivity index (χ1v) is 28.5. The Labute approximate surface area is 481 Å². The number of hydrogen-bond donors (Lipinski definition) is 1. The number of thiazole rings is 1. The van der Waals surface area contributed by atoms with Gasteiger partial charge in [-0.05, 0) is 143 Å². The first kappa shape index (κ1) is 57.8. The van der Waals surface area contributed by atoms with Crippen LogP contribution in [0.5, 0.6) is 28.7 Å². The largest absolute Gasteiger partial charge is 0.497 e. The van der Waals surface area contributed by atoms with Crippen molar-refractivity contribution >= 4 is 48.7 Å². The molecule has 0 aliphatic rings. The predicted octanol–water partition coefficient (Wildman–Crippen LogP) is 11.6. The van der Waals surface area contributed by atoms with Crippen molar-refractivity contribution in [3.05, 3.63) is 185 Å². The molecule has 0 radical (unpaired) electrons. The number of aromatic nitrogens is 5. The molecule has 2 amide bonds. The van der Waals surface area contributed by atoms with Crippen molar-refractivity contribution in [3.63, 3.8) is 0 Å². The van der Waals surface area contributed by atoms with E-state index in [4.69, 9.17) is 33.4 Å². The summed E-state index contributed by atoms with van der Waals surface area (Å²) in [6, 6.07) is 46.1. The number of amides is 2. The monoisotopic (exact) mass is 1140 g/mol. The minimum absolute atomic E-state index is 0.0216. The first-order chi connectivity index (χ1) is 39.5. The number of tetrazole rings is 1. The highest BCUT2D eigenvalue weighted by molar-refractivity contribution is 7.89. The molecule has 0 fully saturated rings. The molecule has 0 aliphatic heterocycles. The van der Waals surface area contributed by atoms with E-state index in [0.29, 0.717) is 66.8 Å². The topological polar surface area (TPSA) is 199 Å². The fourth-order valence-corrected chi connectivity index (χ4v) is 12.1. The summed E-state index contributed by atoms with van der Waals surface area (Å²) in [5.74, 6) is 3.12. The number of ether oxygens (including phenoxy) is 6. The second kappa shape index (κ2) is 25.7. The molecule has 0 bridgehead atoms. The van der Waals surface area contributed by atoms with Gasteiger partial charge in [-0.15, -0.1) is 5.10 Å². The van der Waals surface area contributed by atoms with Gasteiger partial charge in [-0.3, -0.25) is 10.1 Å². The fraction of sp³-hybridized carbons (Fsp3) is 0.258. The molecule has 424 valence electrons. The van der Waals surface area contributed by atoms with Gasteiger partial charge < -0.3 is 33.3 Å². The van der Waals surface area contributed by atoms with Gasteiger partial charge in [-0.25, -0.2) is 22.9 Å². The lowest BCUT2D eigenvalue weighted by atomic mass is 9.94. The van der Waals surface area contributed by atoms with Crippen LogP contribution >= 0.6 is 11.3 Å². The van der Waals surface area contributed by atoms with Crippen molar-refractivity contribution in [2.75, 3.05) is 40.9 Å². The van der Waals surface area contributed by atoms with Gasteiger partial charge >= 0.3 is 6.09 Å². The number of fused-ring (bicyclic) bond motifs is 1. The van der Waals surface area contributed by atoms with Crippen LogP contribution in [0.2, 0.25) is 0 Å². The van der Waals surface area contributed by atoms with Crippen LogP contribution in [0.4, 0.5) is 9.93 Å². The van der Waals surface area contributed by atoms with Gasteiger partial charge in [0.2, 0.25) is 15.9 Å². The second-order valence-electron chi connectivity index (χ2n) is 20.2. The van der Waals surface area contributed by atoms with Crippen molar-refractivity contribution in [3.8, 4) is 51.3 Å². The van der Waals surface area contributed by atoms with Gasteiger partial charge in [0.25, 0.3) is 0 Å². The maximum atomic E-state index is 16.7. The van der Waals surface area contributed by atoms with E-state index in [2.05, 4.69) is 20.8 Å². The first-order valence-electron chi connectivity index (χ1n) is 26.3. The molecule has 9 aromatic rings. The summed E-state index contributed by atoms with van der Waals surface area (Å²) in [6.45, 7) is 5.81. The fourth-order valence-electron chi connectivity index (χ4n) is 9.33. The standard InChI is InChI=1S/C62H64N8O10S2/c1-62(2,3)80-61(72)64-60-63-57-53(10-9-11-54(57)81-60)52-34-22-46(23-35-55(71)68(36-41-12-24-47(75-4)25-13-41)37-42-14-26-48(76-5)27-15-42)58(56(52)59-65-66-67-70(59)40-45-20-32-51(79-8)33-21-45)82(73,74)69(38-43-16-28-49(77-6)29-17-43)39-44-18-30-50(78-7)31-19-44/h9-22,24-34H,23,35-40H2,1-8H3,(H,63,64,72). The summed E-state index contributed by atoms with van der Waals surface area (Å²) in [7, 11) is 3.22. The summed E-state index contributed by atoms with van der Waals surface area (Å²) in [6.07, 6.45) is -0.797. The number of rotatable bonds is 23. The average molecular weight is 1150 g/mol. The number of sulfonamides is 1. The van der Waals surface area contributed by atoms with Crippen molar-refractivity contribution in [1.29, 1.82) is 0 Å². The van der Waals surface area contributed by atoms with Crippen LogP contribution in [0.15, 0.2) is 157 Å². The van der Waals surface area contributed by atoms with E-state index >= 15 is 13.2 Å². The lowest BCUT2D eigenvalue weighted by Gasteiger charge is -2.27. The van der Waals surface area contributed by atoms with Gasteiger partial charge in [0.05, 0.1) is 57.2 Å². The maximum absolute atomic E-state index is 16.7. The molecule has 20 heteroatoms. The Bertz CT molecular complexity index is 3660. The minimum atomic E-state index is -4.70. The lowest BCUT2D eigenvalue weighted by molar-refractivity contribution is -0.132. The van der Waals surface area contributed by atoms with Crippen LogP contribution in [0, 0.1) is 0 Å². The molecule has 0 saturated heterocycles. The molecule has 1 N–H and O–H groups in total. The molecule has 0 unspecified atom stereocenters. The number of carbonyl (C=O) groups is 2. The van der Waals surface area contributed by atoms with Crippen LogP contribution in [-0.2, 0) is 58.7 Å². The zero-order chi connectivity index (χ0) is 58.0. The van der Waals surface area contributed by atoms with Crippen LogP contribution < -0.4 is 29.0 Å². The Morgan fingerprint density at radius 1 is 0.598 bits per heavy atom. The number of methoxy groups -OCH3 is 5. The molecule has 7 aromatic carbocycles. The summed E-state index contributed by atoms with van der Waals surface area (Å²) >= 11 is 1.24.